The number of anilines is 1. The third-order valence-corrected chi connectivity index (χ3v) is 6.66. The van der Waals surface area contributed by atoms with Gasteiger partial charge < -0.3 is 19.5 Å². The van der Waals surface area contributed by atoms with E-state index in [-0.39, 0.29) is 17.6 Å². The van der Waals surface area contributed by atoms with Gasteiger partial charge >= 0.3 is 6.18 Å². The van der Waals surface area contributed by atoms with Crippen molar-refractivity contribution in [3.05, 3.63) is 54.0 Å². The van der Waals surface area contributed by atoms with E-state index in [9.17, 15) is 22.8 Å². The molecule has 2 fully saturated rings. The van der Waals surface area contributed by atoms with Gasteiger partial charge in [0.2, 0.25) is 5.91 Å². The van der Waals surface area contributed by atoms with Gasteiger partial charge in [-0.1, -0.05) is 6.07 Å². The number of likely N-dealkylation sites (tertiary alicyclic amines) is 1. The van der Waals surface area contributed by atoms with Crippen molar-refractivity contribution in [1.29, 1.82) is 0 Å². The van der Waals surface area contributed by atoms with Gasteiger partial charge in [0.15, 0.2) is 5.76 Å². The molecule has 0 aliphatic carbocycles. The van der Waals surface area contributed by atoms with Crippen LogP contribution in [-0.2, 0) is 11.0 Å². The van der Waals surface area contributed by atoms with Crippen molar-refractivity contribution in [2.45, 2.75) is 37.9 Å². The molecular weight excluding hydrogens is 461 g/mol. The average Bonchev–Trinajstić information content (AvgIpc) is 3.41. The van der Waals surface area contributed by atoms with Gasteiger partial charge in [-0.15, -0.1) is 0 Å². The van der Waals surface area contributed by atoms with Gasteiger partial charge in [0.1, 0.15) is 6.04 Å². The molecule has 2 aromatic rings. The lowest BCUT2D eigenvalue weighted by molar-refractivity contribution is -0.137. The quantitative estimate of drug-likeness (QED) is 0.598. The van der Waals surface area contributed by atoms with Crippen LogP contribution in [0.2, 0.25) is 0 Å². The number of piperidine rings is 1. The summed E-state index contributed by atoms with van der Waals surface area (Å²) >= 11 is 0. The molecule has 0 bridgehead atoms. The molecule has 35 heavy (non-hydrogen) atoms. The molecule has 1 aromatic carbocycles. The van der Waals surface area contributed by atoms with Gasteiger partial charge in [0, 0.05) is 45.0 Å². The number of benzene rings is 1. The number of carbonyl (C=O) groups is 2. The Morgan fingerprint density at radius 3 is 2.54 bits per heavy atom. The third-order valence-electron chi connectivity index (χ3n) is 6.66. The van der Waals surface area contributed by atoms with Gasteiger partial charge in [-0.05, 0) is 62.6 Å². The second-order valence-corrected chi connectivity index (χ2v) is 9.01. The standard InChI is InChI=1S/C25H31F3N4O3/c26-25(27,28)19-6-3-7-20(18-19)31-15-13-30(14-16-31)11-5-10-29-23(33)21-8-1-2-12-32(21)24(34)22-9-4-17-35-22/h3-4,6-7,9,17-18,21H,1-2,5,8,10-16H2,(H,29,33). The summed E-state index contributed by atoms with van der Waals surface area (Å²) in [6, 6.07) is 8.24. The summed E-state index contributed by atoms with van der Waals surface area (Å²) in [5.41, 5.74) is -0.0385. The van der Waals surface area contributed by atoms with Crippen molar-refractivity contribution in [2.75, 3.05) is 50.7 Å². The Hall–Kier alpha value is -3.01. The molecule has 2 amide bonds. The van der Waals surface area contributed by atoms with Crippen molar-refractivity contribution in [2.24, 2.45) is 0 Å². The van der Waals surface area contributed by atoms with Crippen LogP contribution in [0, 0.1) is 0 Å². The van der Waals surface area contributed by atoms with Crippen LogP contribution in [0.15, 0.2) is 47.1 Å². The van der Waals surface area contributed by atoms with E-state index in [4.69, 9.17) is 4.42 Å². The van der Waals surface area contributed by atoms with Gasteiger partial charge in [-0.2, -0.15) is 13.2 Å². The number of piperazine rings is 1. The zero-order valence-corrected chi connectivity index (χ0v) is 19.6. The predicted molar refractivity (Wildman–Crippen MR) is 125 cm³/mol. The summed E-state index contributed by atoms with van der Waals surface area (Å²) in [6.45, 7) is 4.63. The van der Waals surface area contributed by atoms with Crippen LogP contribution in [-0.4, -0.2) is 73.5 Å². The van der Waals surface area contributed by atoms with Gasteiger partial charge in [-0.25, -0.2) is 0 Å². The number of hydrogen-bond acceptors (Lipinski definition) is 5. The van der Waals surface area contributed by atoms with Crippen LogP contribution < -0.4 is 10.2 Å². The average molecular weight is 493 g/mol. The largest absolute Gasteiger partial charge is 0.459 e. The number of nitrogens with one attached hydrogen (secondary N) is 1. The Kier molecular flexibility index (Phi) is 8.00. The molecule has 1 aromatic heterocycles. The highest BCUT2D eigenvalue weighted by atomic mass is 19.4. The molecule has 0 radical (unpaired) electrons. The maximum absolute atomic E-state index is 13.0. The zero-order chi connectivity index (χ0) is 24.8. The summed E-state index contributed by atoms with van der Waals surface area (Å²) in [6.07, 6.45) is 0.261. The maximum Gasteiger partial charge on any atom is 0.416 e. The molecule has 190 valence electrons. The molecule has 10 heteroatoms. The zero-order valence-electron chi connectivity index (χ0n) is 19.6. The highest BCUT2D eigenvalue weighted by Gasteiger charge is 2.34. The van der Waals surface area contributed by atoms with Crippen LogP contribution in [0.1, 0.15) is 41.8 Å². The Morgan fingerprint density at radius 1 is 1.03 bits per heavy atom. The van der Waals surface area contributed by atoms with Crippen molar-refractivity contribution < 1.29 is 27.2 Å². The van der Waals surface area contributed by atoms with E-state index in [0.29, 0.717) is 38.3 Å². The minimum atomic E-state index is -4.34. The molecular formula is C25H31F3N4O3. The Balaban J connectivity index is 1.19. The van der Waals surface area contributed by atoms with Crippen LogP contribution >= 0.6 is 0 Å². The van der Waals surface area contributed by atoms with E-state index >= 15 is 0 Å². The molecule has 7 nitrogen and oxygen atoms in total. The van der Waals surface area contributed by atoms with E-state index in [1.165, 1.54) is 18.4 Å². The Morgan fingerprint density at radius 2 is 1.83 bits per heavy atom. The number of hydrogen-bond donors (Lipinski definition) is 1. The fourth-order valence-corrected chi connectivity index (χ4v) is 4.73. The SMILES string of the molecule is O=C(NCCCN1CCN(c2cccc(C(F)(F)F)c2)CC1)C1CCCCN1C(=O)c1ccco1. The number of alkyl halides is 3. The first-order chi connectivity index (χ1) is 16.8. The first-order valence-corrected chi connectivity index (χ1v) is 12.1. The maximum atomic E-state index is 13.0. The summed E-state index contributed by atoms with van der Waals surface area (Å²) in [7, 11) is 0. The highest BCUT2D eigenvalue weighted by molar-refractivity contribution is 5.95. The first kappa shape index (κ1) is 25.1. The molecule has 1 N–H and O–H groups in total. The lowest BCUT2D eigenvalue weighted by Gasteiger charge is -2.36. The lowest BCUT2D eigenvalue weighted by Crippen LogP contribution is -2.52. The number of carbonyl (C=O) groups excluding carboxylic acids is 2. The number of rotatable bonds is 7. The van der Waals surface area contributed by atoms with E-state index in [1.807, 2.05) is 4.90 Å². The van der Waals surface area contributed by atoms with Crippen molar-refractivity contribution >= 4 is 17.5 Å². The van der Waals surface area contributed by atoms with Crippen LogP contribution in [0.4, 0.5) is 18.9 Å². The van der Waals surface area contributed by atoms with Gasteiger partial charge in [-0.3, -0.25) is 14.5 Å². The summed E-state index contributed by atoms with van der Waals surface area (Å²) in [5, 5.41) is 2.97. The molecule has 0 saturated carbocycles. The minimum Gasteiger partial charge on any atom is -0.459 e. The molecule has 4 rings (SSSR count). The topological polar surface area (TPSA) is 69.0 Å². The number of furan rings is 1. The predicted octanol–water partition coefficient (Wildman–Crippen LogP) is 3.62. The second-order valence-electron chi connectivity index (χ2n) is 9.01. The van der Waals surface area contributed by atoms with Crippen molar-refractivity contribution in [3.63, 3.8) is 0 Å². The Bertz CT molecular complexity index is 988. The minimum absolute atomic E-state index is 0.140. The van der Waals surface area contributed by atoms with Crippen molar-refractivity contribution in [1.82, 2.24) is 15.1 Å². The third kappa shape index (κ3) is 6.36. The Labute approximate surface area is 202 Å². The van der Waals surface area contributed by atoms with E-state index in [1.54, 1.807) is 23.1 Å². The first-order valence-electron chi connectivity index (χ1n) is 12.1. The van der Waals surface area contributed by atoms with Gasteiger partial charge in [0.05, 0.1) is 11.8 Å². The van der Waals surface area contributed by atoms with Crippen molar-refractivity contribution in [3.8, 4) is 0 Å². The summed E-state index contributed by atoms with van der Waals surface area (Å²) in [4.78, 5) is 31.3. The monoisotopic (exact) mass is 492 g/mol. The van der Waals surface area contributed by atoms with E-state index in [2.05, 4.69) is 10.2 Å². The number of halogens is 3. The molecule has 0 spiro atoms. The summed E-state index contributed by atoms with van der Waals surface area (Å²) in [5.74, 6) is -0.151. The molecule has 2 aliphatic rings. The molecule has 2 aliphatic heterocycles. The smallest absolute Gasteiger partial charge is 0.416 e. The summed E-state index contributed by atoms with van der Waals surface area (Å²) < 4.78 is 44.2. The van der Waals surface area contributed by atoms with Crippen LogP contribution in [0.5, 0.6) is 0 Å². The molecule has 1 unspecified atom stereocenters. The fourth-order valence-electron chi connectivity index (χ4n) is 4.73. The fraction of sp³-hybridized carbons (Fsp3) is 0.520. The van der Waals surface area contributed by atoms with E-state index < -0.39 is 17.8 Å². The number of amides is 2. The highest BCUT2D eigenvalue weighted by Crippen LogP contribution is 2.32. The second kappa shape index (κ2) is 11.2. The molecule has 2 saturated heterocycles. The normalized spacial score (nSPS) is 19.6. The number of nitrogens with zero attached hydrogens (tertiary/aromatic N) is 3. The van der Waals surface area contributed by atoms with Gasteiger partial charge in [0.25, 0.3) is 5.91 Å². The van der Waals surface area contributed by atoms with Crippen LogP contribution in [0.3, 0.4) is 0 Å². The molecule has 1 atom stereocenters. The lowest BCUT2D eigenvalue weighted by atomic mass is 10.0. The molecule has 3 heterocycles. The van der Waals surface area contributed by atoms with Crippen LogP contribution in [0.25, 0.3) is 0 Å². The van der Waals surface area contributed by atoms with E-state index in [0.717, 1.165) is 45.0 Å².